The molecule has 0 saturated carbocycles. The summed E-state index contributed by atoms with van der Waals surface area (Å²) in [6.45, 7) is 15.2. The lowest BCUT2D eigenvalue weighted by atomic mass is 9.96. The van der Waals surface area contributed by atoms with Crippen LogP contribution < -0.4 is 18.9 Å². The van der Waals surface area contributed by atoms with Crippen LogP contribution in [0.2, 0.25) is 0 Å². The van der Waals surface area contributed by atoms with E-state index in [1.165, 1.54) is 0 Å². The van der Waals surface area contributed by atoms with Gasteiger partial charge in [0.15, 0.2) is 0 Å². The standard InChI is InChI=1S/C40H38O6/c1-7-9-23-43-37-26-36(32-17-21-34(22-18-32)46-40(42)28(5)6)38(44-24-10-8-2)25-35(37)31-13-11-29(12-14-31)30-15-19-33(20-16-30)45-39(41)27(3)4/h7-22,25-26H,3,5,23-24H2,1-2,4,6H3/b9-7+,10-8+. The maximum Gasteiger partial charge on any atom is 0.338 e. The topological polar surface area (TPSA) is 71.1 Å². The molecule has 0 saturated heterocycles. The maximum atomic E-state index is 12.0. The summed E-state index contributed by atoms with van der Waals surface area (Å²) < 4.78 is 23.2. The van der Waals surface area contributed by atoms with Crippen LogP contribution in [0.3, 0.4) is 0 Å². The van der Waals surface area contributed by atoms with Gasteiger partial charge in [-0.2, -0.15) is 0 Å². The van der Waals surface area contributed by atoms with Gasteiger partial charge in [0.2, 0.25) is 0 Å². The van der Waals surface area contributed by atoms with E-state index in [4.69, 9.17) is 18.9 Å². The second-order valence-electron chi connectivity index (χ2n) is 10.6. The van der Waals surface area contributed by atoms with Gasteiger partial charge in [0.25, 0.3) is 0 Å². The van der Waals surface area contributed by atoms with E-state index in [1.54, 1.807) is 38.1 Å². The SMILES string of the molecule is C=C(C)C(=O)Oc1ccc(-c2ccc(-c3cc(OC/C=C/C)c(-c4ccc(OC(=O)C(=C)C)cc4)cc3OC/C=C/C)cc2)cc1. The van der Waals surface area contributed by atoms with Crippen LogP contribution in [0.4, 0.5) is 0 Å². The zero-order valence-electron chi connectivity index (χ0n) is 26.7. The van der Waals surface area contributed by atoms with Crippen molar-refractivity contribution in [1.82, 2.24) is 0 Å². The molecule has 6 nitrogen and oxygen atoms in total. The number of carbonyl (C=O) groups is 2. The molecule has 0 aliphatic rings. The van der Waals surface area contributed by atoms with E-state index in [1.807, 2.05) is 98.8 Å². The van der Waals surface area contributed by atoms with Gasteiger partial charge in [-0.25, -0.2) is 9.59 Å². The molecule has 234 valence electrons. The molecule has 46 heavy (non-hydrogen) atoms. The molecule has 0 spiro atoms. The molecule has 0 atom stereocenters. The summed E-state index contributed by atoms with van der Waals surface area (Å²) >= 11 is 0. The van der Waals surface area contributed by atoms with Crippen molar-refractivity contribution in [3.63, 3.8) is 0 Å². The Kier molecular flexibility index (Phi) is 11.5. The van der Waals surface area contributed by atoms with Gasteiger partial charge < -0.3 is 18.9 Å². The lowest BCUT2D eigenvalue weighted by Gasteiger charge is -2.18. The first kappa shape index (κ1) is 33.3. The minimum atomic E-state index is -0.473. The van der Waals surface area contributed by atoms with E-state index in [-0.39, 0.29) is 0 Å². The molecule has 0 fully saturated rings. The highest BCUT2D eigenvalue weighted by Gasteiger charge is 2.17. The van der Waals surface area contributed by atoms with Gasteiger partial charge in [-0.15, -0.1) is 0 Å². The third-order valence-corrected chi connectivity index (χ3v) is 6.89. The second-order valence-corrected chi connectivity index (χ2v) is 10.6. The quantitative estimate of drug-likeness (QED) is 0.0646. The molecular weight excluding hydrogens is 576 g/mol. The molecule has 0 aromatic heterocycles. The molecule has 4 aromatic carbocycles. The molecule has 0 aliphatic carbocycles. The minimum absolute atomic E-state index is 0.329. The van der Waals surface area contributed by atoms with Crippen molar-refractivity contribution in [2.24, 2.45) is 0 Å². The average Bonchev–Trinajstić information content (AvgIpc) is 3.06. The van der Waals surface area contributed by atoms with Crippen LogP contribution in [0.5, 0.6) is 23.0 Å². The highest BCUT2D eigenvalue weighted by atomic mass is 16.5. The van der Waals surface area contributed by atoms with Gasteiger partial charge in [0.1, 0.15) is 36.2 Å². The molecular formula is C40H38O6. The minimum Gasteiger partial charge on any atom is -0.489 e. The summed E-state index contributed by atoms with van der Waals surface area (Å²) in [4.78, 5) is 23.8. The zero-order chi connectivity index (χ0) is 33.1. The lowest BCUT2D eigenvalue weighted by Crippen LogP contribution is -2.07. The summed E-state index contributed by atoms with van der Waals surface area (Å²) in [6.07, 6.45) is 7.78. The van der Waals surface area contributed by atoms with Crippen molar-refractivity contribution in [3.05, 3.63) is 134 Å². The number of allylic oxidation sites excluding steroid dienone is 2. The Morgan fingerprint density at radius 3 is 1.24 bits per heavy atom. The Bertz CT molecular complexity index is 1760. The number of carbonyl (C=O) groups excluding carboxylic acids is 2. The van der Waals surface area contributed by atoms with Crippen LogP contribution in [0.25, 0.3) is 33.4 Å². The summed E-state index contributed by atoms with van der Waals surface area (Å²) in [5, 5.41) is 0. The highest BCUT2D eigenvalue weighted by Crippen LogP contribution is 2.42. The Morgan fingerprint density at radius 2 is 0.891 bits per heavy atom. The second kappa shape index (κ2) is 15.9. The first-order valence-electron chi connectivity index (χ1n) is 14.9. The molecule has 6 heteroatoms. The van der Waals surface area contributed by atoms with E-state index in [0.717, 1.165) is 33.4 Å². The maximum absolute atomic E-state index is 12.0. The van der Waals surface area contributed by atoms with Crippen LogP contribution in [-0.2, 0) is 9.59 Å². The van der Waals surface area contributed by atoms with Gasteiger partial charge in [-0.05, 0) is 86.3 Å². The normalized spacial score (nSPS) is 11.0. The van der Waals surface area contributed by atoms with E-state index in [9.17, 15) is 9.59 Å². The summed E-state index contributed by atoms with van der Waals surface area (Å²) in [7, 11) is 0. The van der Waals surface area contributed by atoms with E-state index in [0.29, 0.717) is 47.4 Å². The molecule has 0 heterocycles. The van der Waals surface area contributed by atoms with Crippen molar-refractivity contribution in [2.75, 3.05) is 13.2 Å². The van der Waals surface area contributed by atoms with Crippen molar-refractivity contribution >= 4 is 11.9 Å². The number of hydrogen-bond donors (Lipinski definition) is 0. The molecule has 0 amide bonds. The lowest BCUT2D eigenvalue weighted by molar-refractivity contribution is -0.130. The van der Waals surface area contributed by atoms with Crippen LogP contribution in [-0.4, -0.2) is 25.2 Å². The molecule has 4 aromatic rings. The van der Waals surface area contributed by atoms with E-state index in [2.05, 4.69) is 13.2 Å². The molecule has 0 N–H and O–H groups in total. The third-order valence-electron chi connectivity index (χ3n) is 6.89. The Morgan fingerprint density at radius 1 is 0.565 bits per heavy atom. The van der Waals surface area contributed by atoms with Crippen molar-refractivity contribution < 1.29 is 28.5 Å². The largest absolute Gasteiger partial charge is 0.489 e. The van der Waals surface area contributed by atoms with Crippen molar-refractivity contribution in [1.29, 1.82) is 0 Å². The average molecular weight is 615 g/mol. The predicted molar refractivity (Wildman–Crippen MR) is 184 cm³/mol. The first-order valence-corrected chi connectivity index (χ1v) is 14.9. The van der Waals surface area contributed by atoms with Gasteiger partial charge >= 0.3 is 11.9 Å². The van der Waals surface area contributed by atoms with Gasteiger partial charge in [0, 0.05) is 22.3 Å². The predicted octanol–water partition coefficient (Wildman–Crippen LogP) is 9.56. The highest BCUT2D eigenvalue weighted by molar-refractivity contribution is 5.89. The van der Waals surface area contributed by atoms with Gasteiger partial charge in [-0.1, -0.05) is 86.0 Å². The number of esters is 2. The summed E-state index contributed by atoms with van der Waals surface area (Å²) in [6, 6.07) is 26.8. The smallest absolute Gasteiger partial charge is 0.338 e. The fraction of sp³-hybridized carbons (Fsp3) is 0.150. The van der Waals surface area contributed by atoms with Crippen molar-refractivity contribution in [3.8, 4) is 56.4 Å². The third kappa shape index (κ3) is 8.73. The van der Waals surface area contributed by atoms with Crippen LogP contribution in [0.1, 0.15) is 27.7 Å². The van der Waals surface area contributed by atoms with E-state index >= 15 is 0 Å². The number of rotatable bonds is 13. The molecule has 0 aliphatic heterocycles. The Labute approximate surface area is 270 Å². The molecule has 0 unspecified atom stereocenters. The monoisotopic (exact) mass is 614 g/mol. The van der Waals surface area contributed by atoms with Crippen LogP contribution in [0.15, 0.2) is 134 Å². The van der Waals surface area contributed by atoms with Crippen molar-refractivity contribution in [2.45, 2.75) is 27.7 Å². The fourth-order valence-corrected chi connectivity index (χ4v) is 4.37. The molecule has 4 rings (SSSR count). The number of benzene rings is 4. The van der Waals surface area contributed by atoms with Crippen LogP contribution >= 0.6 is 0 Å². The molecule has 0 radical (unpaired) electrons. The van der Waals surface area contributed by atoms with E-state index < -0.39 is 11.9 Å². The number of hydrogen-bond acceptors (Lipinski definition) is 6. The summed E-state index contributed by atoms with van der Waals surface area (Å²) in [5.41, 5.74) is 6.21. The first-order chi connectivity index (χ1) is 22.2. The van der Waals surface area contributed by atoms with Gasteiger partial charge in [-0.3, -0.25) is 0 Å². The Balaban J connectivity index is 1.70. The number of ether oxygens (including phenoxy) is 4. The zero-order valence-corrected chi connectivity index (χ0v) is 26.7. The molecule has 0 bridgehead atoms. The van der Waals surface area contributed by atoms with Crippen LogP contribution in [0, 0.1) is 0 Å². The summed E-state index contributed by atoms with van der Waals surface area (Å²) in [5.74, 6) is 1.34. The fourth-order valence-electron chi connectivity index (χ4n) is 4.37. The Hall–Kier alpha value is -5.62. The van der Waals surface area contributed by atoms with Gasteiger partial charge in [0.05, 0.1) is 0 Å².